The Morgan fingerprint density at radius 3 is 2.28 bits per heavy atom. The van der Waals surface area contributed by atoms with Crippen LogP contribution in [0.1, 0.15) is 20.7 Å². The maximum absolute atomic E-state index is 12.2. The number of amides is 2. The summed E-state index contributed by atoms with van der Waals surface area (Å²) in [5.74, 6) is -2.32. The second-order valence-corrected chi connectivity index (χ2v) is 4.03. The van der Waals surface area contributed by atoms with Gasteiger partial charge in [-0.05, 0) is 18.2 Å². The van der Waals surface area contributed by atoms with Gasteiger partial charge in [0.05, 0.1) is 17.5 Å². The van der Waals surface area contributed by atoms with Crippen molar-refractivity contribution in [2.45, 2.75) is 5.79 Å². The zero-order valence-corrected chi connectivity index (χ0v) is 9.33. The van der Waals surface area contributed by atoms with E-state index in [0.717, 1.165) is 4.90 Å². The second kappa shape index (κ2) is 3.51. The number of rotatable bonds is 1. The first kappa shape index (κ1) is 10.7. The summed E-state index contributed by atoms with van der Waals surface area (Å²) in [7, 11) is 0. The van der Waals surface area contributed by atoms with Crippen molar-refractivity contribution >= 4 is 18.2 Å². The van der Waals surface area contributed by atoms with Crippen LogP contribution >= 0.6 is 0 Å². The Morgan fingerprint density at radius 2 is 1.78 bits per heavy atom. The fraction of sp³-hybridized carbons (Fsp3) is 0.0833. The smallest absolute Gasteiger partial charge is 0.264 e. The van der Waals surface area contributed by atoms with E-state index < -0.39 is 17.6 Å². The topological polar surface area (TPSA) is 87.8 Å². The van der Waals surface area contributed by atoms with E-state index in [1.165, 1.54) is 18.6 Å². The first-order valence-corrected chi connectivity index (χ1v) is 5.38. The molecule has 0 aromatic heterocycles. The van der Waals surface area contributed by atoms with Crippen LogP contribution in [0.3, 0.4) is 0 Å². The highest BCUT2D eigenvalue weighted by Gasteiger charge is 2.46. The van der Waals surface area contributed by atoms with Gasteiger partial charge in [-0.15, -0.1) is 0 Å². The van der Waals surface area contributed by atoms with Gasteiger partial charge in [-0.25, -0.2) is 9.89 Å². The predicted molar refractivity (Wildman–Crippen MR) is 64.6 cm³/mol. The molecule has 0 fully saturated rings. The van der Waals surface area contributed by atoms with Crippen LogP contribution in [-0.2, 0) is 0 Å². The molecule has 6 heteroatoms. The number of aliphatic imine (C=N–C) groups is 1. The fourth-order valence-electron chi connectivity index (χ4n) is 2.04. The molecule has 2 aliphatic heterocycles. The molecule has 0 aliphatic carbocycles. The van der Waals surface area contributed by atoms with Crippen molar-refractivity contribution in [3.05, 3.63) is 47.7 Å². The maximum atomic E-state index is 12.2. The Bertz CT molecular complexity index is 559. The molecule has 3 N–H and O–H groups in total. The molecule has 90 valence electrons. The summed E-state index contributed by atoms with van der Waals surface area (Å²) < 4.78 is 0. The molecule has 2 aliphatic rings. The van der Waals surface area contributed by atoms with Crippen molar-refractivity contribution < 1.29 is 9.59 Å². The zero-order valence-electron chi connectivity index (χ0n) is 9.33. The molecule has 6 nitrogen and oxygen atoms in total. The molecule has 18 heavy (non-hydrogen) atoms. The van der Waals surface area contributed by atoms with Crippen LogP contribution in [0.2, 0.25) is 0 Å². The SMILES string of the molecule is NC1(N2C(=O)c3ccccc3C2=O)C=CNC=N1. The largest absolute Gasteiger partial charge is 0.353 e. The van der Waals surface area contributed by atoms with Gasteiger partial charge in [-0.3, -0.25) is 15.3 Å². The van der Waals surface area contributed by atoms with E-state index >= 15 is 0 Å². The molecule has 0 radical (unpaired) electrons. The summed E-state index contributed by atoms with van der Waals surface area (Å²) in [6.45, 7) is 0. The molecule has 3 rings (SSSR count). The average molecular weight is 242 g/mol. The minimum Gasteiger partial charge on any atom is -0.353 e. The molecule has 0 spiro atoms. The van der Waals surface area contributed by atoms with Crippen molar-refractivity contribution in [2.75, 3.05) is 0 Å². The Balaban J connectivity index is 2.10. The molecule has 1 aromatic carbocycles. The minimum absolute atomic E-state index is 0.356. The van der Waals surface area contributed by atoms with Crippen LogP contribution in [0, 0.1) is 0 Å². The number of nitrogens with one attached hydrogen (secondary N) is 1. The Labute approximate surface area is 103 Å². The molecule has 0 saturated heterocycles. The number of imide groups is 1. The lowest BCUT2D eigenvalue weighted by atomic mass is 10.1. The second-order valence-electron chi connectivity index (χ2n) is 4.03. The average Bonchev–Trinajstić information content (AvgIpc) is 2.64. The monoisotopic (exact) mass is 242 g/mol. The summed E-state index contributed by atoms with van der Waals surface area (Å²) in [5, 5.41) is 2.71. The van der Waals surface area contributed by atoms with Gasteiger partial charge in [0, 0.05) is 6.20 Å². The lowest BCUT2D eigenvalue weighted by Crippen LogP contribution is -2.57. The highest BCUT2D eigenvalue weighted by Crippen LogP contribution is 2.28. The molecule has 0 saturated carbocycles. The van der Waals surface area contributed by atoms with Gasteiger partial charge in [-0.1, -0.05) is 12.1 Å². The number of benzene rings is 1. The van der Waals surface area contributed by atoms with Crippen molar-refractivity contribution in [3.8, 4) is 0 Å². The molecule has 2 amide bonds. The third-order valence-corrected chi connectivity index (χ3v) is 2.92. The molecule has 0 bridgehead atoms. The van der Waals surface area contributed by atoms with E-state index in [2.05, 4.69) is 10.3 Å². The molecule has 2 heterocycles. The normalized spacial score (nSPS) is 25.3. The van der Waals surface area contributed by atoms with Crippen molar-refractivity contribution in [2.24, 2.45) is 10.7 Å². The van der Waals surface area contributed by atoms with Crippen LogP contribution in [0.5, 0.6) is 0 Å². The number of hydrogen-bond acceptors (Lipinski definition) is 5. The Morgan fingerprint density at radius 1 is 1.17 bits per heavy atom. The van der Waals surface area contributed by atoms with E-state index in [1.54, 1.807) is 24.3 Å². The third kappa shape index (κ3) is 1.29. The van der Waals surface area contributed by atoms with Crippen LogP contribution in [0.4, 0.5) is 0 Å². The quantitative estimate of drug-likeness (QED) is 0.681. The summed E-state index contributed by atoms with van der Waals surface area (Å²) in [5.41, 5.74) is 6.70. The molecule has 1 unspecified atom stereocenters. The molecular weight excluding hydrogens is 232 g/mol. The van der Waals surface area contributed by atoms with Gasteiger partial charge in [0.1, 0.15) is 0 Å². The number of carbonyl (C=O) groups is 2. The highest BCUT2D eigenvalue weighted by atomic mass is 16.2. The summed E-state index contributed by atoms with van der Waals surface area (Å²) in [6.07, 6.45) is 4.36. The summed E-state index contributed by atoms with van der Waals surface area (Å²) >= 11 is 0. The maximum Gasteiger partial charge on any atom is 0.264 e. The lowest BCUT2D eigenvalue weighted by Gasteiger charge is -2.31. The van der Waals surface area contributed by atoms with Crippen LogP contribution < -0.4 is 11.1 Å². The van der Waals surface area contributed by atoms with Gasteiger partial charge in [0.25, 0.3) is 11.8 Å². The van der Waals surface area contributed by atoms with Crippen molar-refractivity contribution in [1.29, 1.82) is 0 Å². The standard InChI is InChI=1S/C12H10N4O2/c13-12(5-6-14-7-15-12)16-10(17)8-3-1-2-4-9(8)11(16)18/h1-7H,13H2,(H,14,15). The van der Waals surface area contributed by atoms with Crippen LogP contribution in [0.15, 0.2) is 41.5 Å². The molecule has 1 aromatic rings. The van der Waals surface area contributed by atoms with Gasteiger partial charge >= 0.3 is 0 Å². The van der Waals surface area contributed by atoms with Gasteiger partial charge < -0.3 is 5.32 Å². The van der Waals surface area contributed by atoms with E-state index in [4.69, 9.17) is 5.73 Å². The zero-order chi connectivity index (χ0) is 12.8. The fourth-order valence-corrected chi connectivity index (χ4v) is 2.04. The Hall–Kier alpha value is -2.47. The van der Waals surface area contributed by atoms with Gasteiger partial charge in [-0.2, -0.15) is 0 Å². The first-order valence-electron chi connectivity index (χ1n) is 5.38. The van der Waals surface area contributed by atoms with E-state index in [-0.39, 0.29) is 0 Å². The predicted octanol–water partition coefficient (Wildman–Crippen LogP) is 0.0403. The summed E-state index contributed by atoms with van der Waals surface area (Å²) in [4.78, 5) is 29.3. The van der Waals surface area contributed by atoms with E-state index in [0.29, 0.717) is 11.1 Å². The highest BCUT2D eigenvalue weighted by molar-refractivity contribution is 6.22. The van der Waals surface area contributed by atoms with Crippen molar-refractivity contribution in [3.63, 3.8) is 0 Å². The Kier molecular flexibility index (Phi) is 2.08. The molecule has 1 atom stereocenters. The van der Waals surface area contributed by atoms with E-state index in [1.807, 2.05) is 0 Å². The number of hydrogen-bond donors (Lipinski definition) is 2. The minimum atomic E-state index is -1.46. The van der Waals surface area contributed by atoms with E-state index in [9.17, 15) is 9.59 Å². The summed E-state index contributed by atoms with van der Waals surface area (Å²) in [6, 6.07) is 6.62. The third-order valence-electron chi connectivity index (χ3n) is 2.92. The number of nitrogens with zero attached hydrogens (tertiary/aromatic N) is 2. The molecular formula is C12H10N4O2. The lowest BCUT2D eigenvalue weighted by molar-refractivity contribution is 0.0515. The van der Waals surface area contributed by atoms with Gasteiger partial charge in [0.15, 0.2) is 0 Å². The number of nitrogens with two attached hydrogens (primary N) is 1. The number of fused-ring (bicyclic) bond motifs is 1. The van der Waals surface area contributed by atoms with Crippen LogP contribution in [0.25, 0.3) is 0 Å². The first-order chi connectivity index (χ1) is 8.63. The van der Waals surface area contributed by atoms with Crippen molar-refractivity contribution in [1.82, 2.24) is 10.2 Å². The number of carbonyl (C=O) groups excluding carboxylic acids is 2. The van der Waals surface area contributed by atoms with Gasteiger partial charge in [0.2, 0.25) is 5.79 Å². The van der Waals surface area contributed by atoms with Crippen LogP contribution in [-0.4, -0.2) is 28.8 Å².